The van der Waals surface area contributed by atoms with E-state index < -0.39 is 6.04 Å². The highest BCUT2D eigenvalue weighted by molar-refractivity contribution is 6.32. The van der Waals surface area contributed by atoms with Gasteiger partial charge in [0.2, 0.25) is 0 Å². The van der Waals surface area contributed by atoms with Gasteiger partial charge in [-0.2, -0.15) is 0 Å². The number of halogens is 1. The van der Waals surface area contributed by atoms with Gasteiger partial charge in [-0.25, -0.2) is 0 Å². The lowest BCUT2D eigenvalue weighted by atomic mass is 9.93. The van der Waals surface area contributed by atoms with Crippen molar-refractivity contribution >= 4 is 28.9 Å². The van der Waals surface area contributed by atoms with Crippen molar-refractivity contribution in [2.24, 2.45) is 5.92 Å². The average Bonchev–Trinajstić information content (AvgIpc) is 2.71. The molecule has 158 valence electrons. The van der Waals surface area contributed by atoms with Crippen molar-refractivity contribution in [3.63, 3.8) is 0 Å². The van der Waals surface area contributed by atoms with E-state index in [0.717, 1.165) is 16.7 Å². The Morgan fingerprint density at radius 1 is 1.13 bits per heavy atom. The van der Waals surface area contributed by atoms with Crippen LogP contribution in [0.15, 0.2) is 54.2 Å². The number of rotatable bonds is 7. The van der Waals surface area contributed by atoms with E-state index in [0.29, 0.717) is 35.4 Å². The molecule has 1 atom stereocenters. The number of benzene rings is 2. The van der Waals surface area contributed by atoms with Crippen LogP contribution in [0.1, 0.15) is 50.4 Å². The quantitative estimate of drug-likeness (QED) is 0.682. The van der Waals surface area contributed by atoms with Crippen molar-refractivity contribution in [2.45, 2.75) is 40.3 Å². The van der Waals surface area contributed by atoms with Crippen LogP contribution in [0.25, 0.3) is 5.57 Å². The molecule has 1 amide bonds. The molecule has 0 radical (unpaired) electrons. The van der Waals surface area contributed by atoms with Gasteiger partial charge < -0.3 is 5.32 Å². The van der Waals surface area contributed by atoms with E-state index in [9.17, 15) is 9.59 Å². The van der Waals surface area contributed by atoms with E-state index >= 15 is 0 Å². The molecular formula is C24H27ClN2O3. The lowest BCUT2D eigenvalue weighted by Crippen LogP contribution is -2.37. The first-order valence-electron chi connectivity index (χ1n) is 10.0. The lowest BCUT2D eigenvalue weighted by Gasteiger charge is -2.33. The number of ketones is 1. The Kier molecular flexibility index (Phi) is 6.95. The monoisotopic (exact) mass is 426 g/mol. The Morgan fingerprint density at radius 2 is 1.83 bits per heavy atom. The van der Waals surface area contributed by atoms with Crippen LogP contribution in [0, 0.1) is 5.92 Å². The second-order valence-electron chi connectivity index (χ2n) is 7.88. The number of amides is 1. The number of hydroxylamine groups is 2. The van der Waals surface area contributed by atoms with Crippen LogP contribution in [0.3, 0.4) is 0 Å². The van der Waals surface area contributed by atoms with E-state index in [-0.39, 0.29) is 11.7 Å². The van der Waals surface area contributed by atoms with Gasteiger partial charge in [0.25, 0.3) is 5.91 Å². The summed E-state index contributed by atoms with van der Waals surface area (Å²) < 4.78 is 0. The fourth-order valence-electron chi connectivity index (χ4n) is 3.47. The van der Waals surface area contributed by atoms with Crippen molar-refractivity contribution in [2.75, 3.05) is 6.61 Å². The number of nitrogens with zero attached hydrogens (tertiary/aromatic N) is 1. The number of nitrogens with one attached hydrogen (secondary N) is 1. The molecule has 0 saturated carbocycles. The standard InChI is InChI=1S/C24H27ClN2O3/c1-15(2)14-30-27-13-20-19(11-8-12-21(20)25)22(16(27)3)24(29)26-23(17(4)28)18-9-6-5-7-10-18/h5-12,15,23H,13-14H2,1-4H3,(H,26,29)/t23-/m1/s1. The first kappa shape index (κ1) is 22.1. The number of carbonyl (C=O) groups excluding carboxylic acids is 2. The third-order valence-electron chi connectivity index (χ3n) is 5.03. The van der Waals surface area contributed by atoms with Gasteiger partial charge in [-0.15, -0.1) is 0 Å². The van der Waals surface area contributed by atoms with E-state index in [4.69, 9.17) is 16.4 Å². The van der Waals surface area contributed by atoms with Gasteiger partial charge in [-0.05, 0) is 37.0 Å². The van der Waals surface area contributed by atoms with Crippen LogP contribution in [0.2, 0.25) is 5.02 Å². The number of fused-ring (bicyclic) bond motifs is 1. The van der Waals surface area contributed by atoms with Gasteiger partial charge in [0.05, 0.1) is 24.4 Å². The normalized spacial score (nSPS) is 14.5. The molecule has 0 saturated heterocycles. The molecule has 3 rings (SSSR count). The van der Waals surface area contributed by atoms with Gasteiger partial charge in [-0.3, -0.25) is 19.5 Å². The summed E-state index contributed by atoms with van der Waals surface area (Å²) in [6.07, 6.45) is 0. The minimum Gasteiger partial charge on any atom is -0.338 e. The van der Waals surface area contributed by atoms with E-state index in [1.54, 1.807) is 11.1 Å². The second kappa shape index (κ2) is 9.45. The molecule has 0 unspecified atom stereocenters. The SMILES string of the molecule is CC(=O)[C@@H](NC(=O)C1=C(C)N(OCC(C)C)Cc2c(Cl)cccc21)c1ccccc1. The number of hydrogen-bond acceptors (Lipinski definition) is 4. The molecule has 0 fully saturated rings. The van der Waals surface area contributed by atoms with Crippen molar-refractivity contribution in [1.29, 1.82) is 0 Å². The zero-order valence-corrected chi connectivity index (χ0v) is 18.5. The fraction of sp³-hybridized carbons (Fsp3) is 0.333. The zero-order valence-electron chi connectivity index (χ0n) is 17.7. The fourth-order valence-corrected chi connectivity index (χ4v) is 3.71. The van der Waals surface area contributed by atoms with Crippen LogP contribution in [-0.2, 0) is 21.0 Å². The number of Topliss-reactive ketones (excluding diaryl/α,β-unsaturated/α-hetero) is 1. The summed E-state index contributed by atoms with van der Waals surface area (Å²) in [5, 5.41) is 5.20. The summed E-state index contributed by atoms with van der Waals surface area (Å²) in [5.74, 6) is -0.136. The third kappa shape index (κ3) is 4.74. The summed E-state index contributed by atoms with van der Waals surface area (Å²) in [7, 11) is 0. The van der Waals surface area contributed by atoms with Crippen molar-refractivity contribution in [3.8, 4) is 0 Å². The van der Waals surface area contributed by atoms with E-state index in [1.807, 2.05) is 49.4 Å². The van der Waals surface area contributed by atoms with Crippen molar-refractivity contribution < 1.29 is 14.4 Å². The maximum absolute atomic E-state index is 13.4. The molecule has 0 bridgehead atoms. The molecule has 1 aliphatic rings. The maximum Gasteiger partial charge on any atom is 0.254 e. The number of allylic oxidation sites excluding steroid dienone is 1. The van der Waals surface area contributed by atoms with Crippen molar-refractivity contribution in [1.82, 2.24) is 10.4 Å². The van der Waals surface area contributed by atoms with Gasteiger partial charge in [0, 0.05) is 10.6 Å². The number of carbonyl (C=O) groups is 2. The summed E-state index contributed by atoms with van der Waals surface area (Å²) >= 11 is 6.45. The van der Waals surface area contributed by atoms with Gasteiger partial charge >= 0.3 is 0 Å². The largest absolute Gasteiger partial charge is 0.338 e. The first-order valence-corrected chi connectivity index (χ1v) is 10.4. The van der Waals surface area contributed by atoms with E-state index in [1.165, 1.54) is 6.92 Å². The Labute approximate surface area is 182 Å². The van der Waals surface area contributed by atoms with Gasteiger partial charge in [0.15, 0.2) is 5.78 Å². The van der Waals surface area contributed by atoms with Crippen LogP contribution in [0.4, 0.5) is 0 Å². The molecule has 1 N–H and O–H groups in total. The maximum atomic E-state index is 13.4. The van der Waals surface area contributed by atoms with Gasteiger partial charge in [-0.1, -0.05) is 67.9 Å². The summed E-state index contributed by atoms with van der Waals surface area (Å²) in [5.41, 5.74) is 3.49. The predicted octanol–water partition coefficient (Wildman–Crippen LogP) is 4.92. The first-order chi connectivity index (χ1) is 14.3. The topological polar surface area (TPSA) is 58.6 Å². The molecule has 0 aromatic heterocycles. The van der Waals surface area contributed by atoms with Gasteiger partial charge in [0.1, 0.15) is 6.04 Å². The van der Waals surface area contributed by atoms with Crippen LogP contribution in [-0.4, -0.2) is 23.4 Å². The highest BCUT2D eigenvalue weighted by Gasteiger charge is 2.31. The van der Waals surface area contributed by atoms with Crippen molar-refractivity contribution in [3.05, 3.63) is 75.9 Å². The smallest absolute Gasteiger partial charge is 0.254 e. The molecule has 2 aromatic rings. The minimum absolute atomic E-state index is 0.136. The highest BCUT2D eigenvalue weighted by atomic mass is 35.5. The second-order valence-corrected chi connectivity index (χ2v) is 8.29. The third-order valence-corrected chi connectivity index (χ3v) is 5.39. The van der Waals surface area contributed by atoms with E-state index in [2.05, 4.69) is 19.2 Å². The van der Waals surface area contributed by atoms with Crippen LogP contribution >= 0.6 is 11.6 Å². The zero-order chi connectivity index (χ0) is 21.8. The molecule has 1 aliphatic heterocycles. The molecule has 0 aliphatic carbocycles. The Hall–Kier alpha value is -2.63. The number of hydrogen-bond donors (Lipinski definition) is 1. The molecule has 5 nitrogen and oxygen atoms in total. The molecule has 2 aromatic carbocycles. The average molecular weight is 427 g/mol. The summed E-state index contributed by atoms with van der Waals surface area (Å²) in [6, 6.07) is 14.0. The Morgan fingerprint density at radius 3 is 2.47 bits per heavy atom. The molecular weight excluding hydrogens is 400 g/mol. The Bertz CT molecular complexity index is 970. The highest BCUT2D eigenvalue weighted by Crippen LogP contribution is 2.36. The Balaban J connectivity index is 1.99. The molecule has 0 spiro atoms. The molecule has 30 heavy (non-hydrogen) atoms. The predicted molar refractivity (Wildman–Crippen MR) is 118 cm³/mol. The van der Waals surface area contributed by atoms with Crippen LogP contribution < -0.4 is 5.32 Å². The molecule has 6 heteroatoms. The minimum atomic E-state index is -0.728. The summed E-state index contributed by atoms with van der Waals surface area (Å²) in [4.78, 5) is 31.7. The lowest BCUT2D eigenvalue weighted by molar-refractivity contribution is -0.148. The van der Waals surface area contributed by atoms with Crippen LogP contribution in [0.5, 0.6) is 0 Å². The molecule has 1 heterocycles. The summed E-state index contributed by atoms with van der Waals surface area (Å²) in [6.45, 7) is 8.43.